The number of carbonyl (C=O) groups is 3. The number of fused-ring (bicyclic) bond motifs is 1. The van der Waals surface area contributed by atoms with E-state index >= 15 is 0 Å². The number of esters is 3. The van der Waals surface area contributed by atoms with Crippen molar-refractivity contribution < 1.29 is 38.1 Å². The molecule has 9 nitrogen and oxygen atoms in total. The molecule has 2 fully saturated rings. The summed E-state index contributed by atoms with van der Waals surface area (Å²) in [6.45, 7) is 1.39. The fourth-order valence-electron chi connectivity index (χ4n) is 3.44. The predicted octanol–water partition coefficient (Wildman–Crippen LogP) is 2.21. The van der Waals surface area contributed by atoms with Crippen LogP contribution < -0.4 is 4.74 Å². The van der Waals surface area contributed by atoms with Gasteiger partial charge >= 0.3 is 17.9 Å². The van der Waals surface area contributed by atoms with E-state index in [1.165, 1.54) is 37.5 Å². The summed E-state index contributed by atoms with van der Waals surface area (Å²) in [5.74, 6) is -1.78. The lowest BCUT2D eigenvalue weighted by Gasteiger charge is -2.18. The van der Waals surface area contributed by atoms with Gasteiger partial charge in [0.1, 0.15) is 23.5 Å². The molecule has 2 saturated heterocycles. The van der Waals surface area contributed by atoms with Crippen LogP contribution in [0.4, 0.5) is 0 Å². The zero-order valence-corrected chi connectivity index (χ0v) is 17.1. The number of hydrogen-bond acceptors (Lipinski definition) is 9. The van der Waals surface area contributed by atoms with E-state index in [4.69, 9.17) is 35.3 Å². The minimum absolute atomic E-state index is 0.0680. The first kappa shape index (κ1) is 21.2. The van der Waals surface area contributed by atoms with Gasteiger partial charge in [0.25, 0.3) is 0 Å². The molecule has 0 aliphatic carbocycles. The number of hydrogen-bond donors (Lipinski definition) is 0. The summed E-state index contributed by atoms with van der Waals surface area (Å²) in [5.41, 5.74) is 0.240. The molecule has 2 aromatic rings. The number of ether oxygens (including phenoxy) is 5. The molecule has 0 radical (unpaired) electrons. The first-order valence-corrected chi connectivity index (χ1v) is 9.84. The van der Waals surface area contributed by atoms with Crippen LogP contribution >= 0.6 is 11.6 Å². The lowest BCUT2D eigenvalue weighted by Crippen LogP contribution is -2.36. The number of nitrogens with zero attached hydrogens (tertiary/aromatic N) is 1. The van der Waals surface area contributed by atoms with Crippen LogP contribution in [0.3, 0.4) is 0 Å². The Hall–Kier alpha value is -3.01. The standard InChI is InChI=1S/C21H18ClNO8/c1-11(24)29-15-5-3-2-4-12(15)20(25)30-16-9-27-19-17(10-28-18(16)19)31-21(26)13-8-23-7-6-14(13)22/h2-8,16-19H,9-10H2,1H3/t16-,17+,18+,19+/m0/s1. The lowest BCUT2D eigenvalue weighted by atomic mass is 10.1. The van der Waals surface area contributed by atoms with Crippen molar-refractivity contribution in [1.82, 2.24) is 4.98 Å². The molecule has 10 heteroatoms. The van der Waals surface area contributed by atoms with Crippen LogP contribution in [0, 0.1) is 0 Å². The van der Waals surface area contributed by atoms with Crippen molar-refractivity contribution in [2.75, 3.05) is 13.2 Å². The number of halogens is 1. The van der Waals surface area contributed by atoms with Crippen LogP contribution in [0.25, 0.3) is 0 Å². The molecule has 0 unspecified atom stereocenters. The number of rotatable bonds is 5. The molecule has 0 N–H and O–H groups in total. The molecule has 162 valence electrons. The van der Waals surface area contributed by atoms with Crippen molar-refractivity contribution in [3.05, 3.63) is 58.9 Å². The number of para-hydroxylation sites is 1. The zero-order valence-electron chi connectivity index (χ0n) is 16.4. The molecular formula is C21H18ClNO8. The molecule has 0 amide bonds. The third kappa shape index (κ3) is 4.53. The second kappa shape index (κ2) is 9.01. The van der Waals surface area contributed by atoms with Gasteiger partial charge in [-0.05, 0) is 18.2 Å². The predicted molar refractivity (Wildman–Crippen MR) is 105 cm³/mol. The van der Waals surface area contributed by atoms with Crippen molar-refractivity contribution in [3.63, 3.8) is 0 Å². The fourth-order valence-corrected chi connectivity index (χ4v) is 3.62. The molecule has 3 heterocycles. The quantitative estimate of drug-likeness (QED) is 0.503. The summed E-state index contributed by atoms with van der Waals surface area (Å²) in [6.07, 6.45) is 0.178. The zero-order chi connectivity index (χ0) is 22.0. The summed E-state index contributed by atoms with van der Waals surface area (Å²) in [6, 6.07) is 7.74. The van der Waals surface area contributed by atoms with E-state index < -0.39 is 42.3 Å². The van der Waals surface area contributed by atoms with Gasteiger partial charge in [0, 0.05) is 19.3 Å². The number of benzene rings is 1. The average molecular weight is 448 g/mol. The van der Waals surface area contributed by atoms with Gasteiger partial charge in [-0.25, -0.2) is 9.59 Å². The Morgan fingerprint density at radius 1 is 0.968 bits per heavy atom. The molecule has 0 spiro atoms. The van der Waals surface area contributed by atoms with Crippen LogP contribution in [0.2, 0.25) is 5.02 Å². The number of carbonyl (C=O) groups excluding carboxylic acids is 3. The Morgan fingerprint density at radius 2 is 1.58 bits per heavy atom. The van der Waals surface area contributed by atoms with Crippen molar-refractivity contribution in [1.29, 1.82) is 0 Å². The topological polar surface area (TPSA) is 110 Å². The van der Waals surface area contributed by atoms with Crippen molar-refractivity contribution in [2.24, 2.45) is 0 Å². The Balaban J connectivity index is 1.40. The first-order valence-electron chi connectivity index (χ1n) is 9.46. The summed E-state index contributed by atoms with van der Waals surface area (Å²) < 4.78 is 27.4. The molecule has 1 aromatic carbocycles. The Morgan fingerprint density at radius 3 is 2.19 bits per heavy atom. The van der Waals surface area contributed by atoms with Gasteiger partial charge < -0.3 is 23.7 Å². The summed E-state index contributed by atoms with van der Waals surface area (Å²) in [4.78, 5) is 40.2. The second-order valence-electron chi connectivity index (χ2n) is 6.93. The number of aromatic nitrogens is 1. The Bertz CT molecular complexity index is 1010. The minimum atomic E-state index is -0.714. The molecule has 31 heavy (non-hydrogen) atoms. The molecule has 2 aliphatic heterocycles. The largest absolute Gasteiger partial charge is 0.453 e. The van der Waals surface area contributed by atoms with Crippen molar-refractivity contribution >= 4 is 29.5 Å². The highest BCUT2D eigenvalue weighted by molar-refractivity contribution is 6.33. The van der Waals surface area contributed by atoms with Crippen molar-refractivity contribution in [2.45, 2.75) is 31.3 Å². The molecule has 0 bridgehead atoms. The highest BCUT2D eigenvalue weighted by Gasteiger charge is 2.51. The summed E-state index contributed by atoms with van der Waals surface area (Å²) in [5, 5.41) is 0.223. The van der Waals surface area contributed by atoms with E-state index in [-0.39, 0.29) is 35.1 Å². The first-order chi connectivity index (χ1) is 14.9. The minimum Gasteiger partial charge on any atom is -0.453 e. The fraction of sp³-hybridized carbons (Fsp3) is 0.333. The lowest BCUT2D eigenvalue weighted by molar-refractivity contribution is -0.131. The van der Waals surface area contributed by atoms with Crippen LogP contribution in [0.1, 0.15) is 27.6 Å². The van der Waals surface area contributed by atoms with E-state index in [1.807, 2.05) is 0 Å². The van der Waals surface area contributed by atoms with Gasteiger partial charge in [0.05, 0.1) is 23.8 Å². The second-order valence-corrected chi connectivity index (χ2v) is 7.34. The van der Waals surface area contributed by atoms with Gasteiger partial charge in [0.15, 0.2) is 12.2 Å². The average Bonchev–Trinajstić information content (AvgIpc) is 3.31. The van der Waals surface area contributed by atoms with Crippen LogP contribution in [-0.2, 0) is 23.7 Å². The highest BCUT2D eigenvalue weighted by Crippen LogP contribution is 2.32. The van der Waals surface area contributed by atoms with Crippen LogP contribution in [0.15, 0.2) is 42.7 Å². The molecule has 1 aromatic heterocycles. The molecule has 2 aliphatic rings. The summed E-state index contributed by atoms with van der Waals surface area (Å²) >= 11 is 6.01. The maximum absolute atomic E-state index is 12.6. The van der Waals surface area contributed by atoms with Crippen molar-refractivity contribution in [3.8, 4) is 5.75 Å². The van der Waals surface area contributed by atoms with E-state index in [0.717, 1.165) is 0 Å². The third-order valence-electron chi connectivity index (χ3n) is 4.83. The van der Waals surface area contributed by atoms with E-state index in [1.54, 1.807) is 12.1 Å². The molecule has 4 rings (SSSR count). The monoisotopic (exact) mass is 447 g/mol. The van der Waals surface area contributed by atoms with Crippen LogP contribution in [0.5, 0.6) is 5.75 Å². The Labute approximate surface area is 182 Å². The normalized spacial score (nSPS) is 24.3. The van der Waals surface area contributed by atoms with Gasteiger partial charge in [-0.1, -0.05) is 23.7 Å². The van der Waals surface area contributed by atoms with Gasteiger partial charge in [-0.15, -0.1) is 0 Å². The molecular weight excluding hydrogens is 430 g/mol. The highest BCUT2D eigenvalue weighted by atomic mass is 35.5. The number of pyridine rings is 1. The van der Waals surface area contributed by atoms with E-state index in [2.05, 4.69) is 4.98 Å². The van der Waals surface area contributed by atoms with E-state index in [0.29, 0.717) is 0 Å². The summed E-state index contributed by atoms with van der Waals surface area (Å²) in [7, 11) is 0. The smallest absolute Gasteiger partial charge is 0.342 e. The van der Waals surface area contributed by atoms with Gasteiger partial charge in [-0.3, -0.25) is 9.78 Å². The van der Waals surface area contributed by atoms with Gasteiger partial charge in [0.2, 0.25) is 0 Å². The van der Waals surface area contributed by atoms with E-state index in [9.17, 15) is 14.4 Å². The van der Waals surface area contributed by atoms with Crippen LogP contribution in [-0.4, -0.2) is 60.5 Å². The molecule has 0 saturated carbocycles. The van der Waals surface area contributed by atoms with Gasteiger partial charge in [-0.2, -0.15) is 0 Å². The SMILES string of the molecule is CC(=O)Oc1ccccc1C(=O)O[C@H]1CO[C@H]2[C@@H]1OC[C@H]2OC(=O)c1cnccc1Cl. The maximum atomic E-state index is 12.6. The third-order valence-corrected chi connectivity index (χ3v) is 5.16. The Kier molecular flexibility index (Phi) is 6.17. The molecule has 4 atom stereocenters. The maximum Gasteiger partial charge on any atom is 0.342 e.